The molecule has 8 nitrogen and oxygen atoms in total. The van der Waals surface area contributed by atoms with Gasteiger partial charge in [-0.3, -0.25) is 9.59 Å². The summed E-state index contributed by atoms with van der Waals surface area (Å²) in [5.41, 5.74) is 2.21. The maximum Gasteiger partial charge on any atom is 0.333 e. The van der Waals surface area contributed by atoms with E-state index >= 15 is 0 Å². The van der Waals surface area contributed by atoms with E-state index < -0.39 is 23.7 Å². The van der Waals surface area contributed by atoms with Gasteiger partial charge in [-0.2, -0.15) is 10.2 Å². The summed E-state index contributed by atoms with van der Waals surface area (Å²) >= 11 is 0. The van der Waals surface area contributed by atoms with Gasteiger partial charge in [0.15, 0.2) is 5.78 Å². The van der Waals surface area contributed by atoms with Gasteiger partial charge in [0.2, 0.25) is 6.04 Å². The van der Waals surface area contributed by atoms with Crippen molar-refractivity contribution >= 4 is 29.0 Å². The van der Waals surface area contributed by atoms with Crippen molar-refractivity contribution in [1.29, 1.82) is 0 Å². The first-order chi connectivity index (χ1) is 14.8. The zero-order valence-corrected chi connectivity index (χ0v) is 17.8. The van der Waals surface area contributed by atoms with Crippen molar-refractivity contribution in [2.24, 2.45) is 10.2 Å². The molecule has 8 heteroatoms. The molecule has 31 heavy (non-hydrogen) atoms. The minimum absolute atomic E-state index is 0.238. The van der Waals surface area contributed by atoms with E-state index in [0.29, 0.717) is 29.1 Å². The number of esters is 1. The van der Waals surface area contributed by atoms with E-state index in [2.05, 4.69) is 22.1 Å². The highest BCUT2D eigenvalue weighted by Crippen LogP contribution is 2.23. The largest absolute Gasteiger partial charge is 0.495 e. The monoisotopic (exact) mass is 423 g/mol. The van der Waals surface area contributed by atoms with E-state index in [4.69, 9.17) is 9.47 Å². The van der Waals surface area contributed by atoms with Crippen molar-refractivity contribution in [2.45, 2.75) is 26.3 Å². The number of ether oxygens (including phenoxy) is 2. The number of hydrogen-bond acceptors (Lipinski definition) is 7. The average Bonchev–Trinajstić information content (AvgIpc) is 2.75. The summed E-state index contributed by atoms with van der Waals surface area (Å²) in [5.74, 6) is -0.990. The van der Waals surface area contributed by atoms with Crippen LogP contribution in [0.3, 0.4) is 0 Å². The number of methoxy groups -OCH3 is 1. The minimum atomic E-state index is -1.29. The summed E-state index contributed by atoms with van der Waals surface area (Å²) in [6, 6.07) is 12.6. The number of ketones is 1. The fourth-order valence-corrected chi connectivity index (χ4v) is 2.51. The number of carbonyl (C=O) groups excluding carboxylic acids is 3. The number of benzene rings is 2. The maximum atomic E-state index is 12.5. The minimum Gasteiger partial charge on any atom is -0.495 e. The van der Waals surface area contributed by atoms with Crippen LogP contribution in [-0.4, -0.2) is 37.4 Å². The highest BCUT2D eigenvalue weighted by atomic mass is 16.5. The van der Waals surface area contributed by atoms with E-state index in [1.165, 1.54) is 14.0 Å². The molecule has 0 heterocycles. The third kappa shape index (κ3) is 7.18. The summed E-state index contributed by atoms with van der Waals surface area (Å²) in [6.07, 6.45) is 0.536. The van der Waals surface area contributed by atoms with E-state index in [0.717, 1.165) is 5.56 Å². The third-order valence-corrected chi connectivity index (χ3v) is 4.20. The first kappa shape index (κ1) is 23.5. The average molecular weight is 423 g/mol. The van der Waals surface area contributed by atoms with Gasteiger partial charge < -0.3 is 14.8 Å². The lowest BCUT2D eigenvalue weighted by molar-refractivity contribution is -0.138. The van der Waals surface area contributed by atoms with E-state index in [1.54, 1.807) is 55.5 Å². The Morgan fingerprint density at radius 3 is 2.35 bits per heavy atom. The molecule has 2 aromatic carbocycles. The van der Waals surface area contributed by atoms with E-state index in [1.807, 2.05) is 0 Å². The molecule has 162 valence electrons. The fraction of sp³-hybridized carbons (Fsp3) is 0.261. The molecule has 0 bridgehead atoms. The number of hydrogen-bond donors (Lipinski definition) is 1. The van der Waals surface area contributed by atoms with Crippen LogP contribution in [0.2, 0.25) is 0 Å². The standard InChI is InChI=1S/C23H25N3O5/c1-15(2)23(29)31-14-13-17-9-11-18(12-10-17)25-26-21(16(3)27)22(28)24-19-7-5-6-8-20(19)30-4/h5-12,21H,1,13-14H2,2-4H3,(H,24,28)/b26-25+. The van der Waals surface area contributed by atoms with Crippen molar-refractivity contribution in [2.75, 3.05) is 19.0 Å². The second-order valence-corrected chi connectivity index (χ2v) is 6.75. The van der Waals surface area contributed by atoms with Crippen molar-refractivity contribution in [3.63, 3.8) is 0 Å². The summed E-state index contributed by atoms with van der Waals surface area (Å²) < 4.78 is 10.3. The molecule has 0 spiro atoms. The van der Waals surface area contributed by atoms with E-state index in [-0.39, 0.29) is 6.61 Å². The molecule has 1 amide bonds. The third-order valence-electron chi connectivity index (χ3n) is 4.20. The van der Waals surface area contributed by atoms with Crippen LogP contribution in [-0.2, 0) is 25.5 Å². The van der Waals surface area contributed by atoms with Crippen molar-refractivity contribution in [1.82, 2.24) is 0 Å². The first-order valence-electron chi connectivity index (χ1n) is 9.58. The molecule has 0 aliphatic heterocycles. The summed E-state index contributed by atoms with van der Waals surface area (Å²) in [6.45, 7) is 6.63. The van der Waals surface area contributed by atoms with Crippen LogP contribution in [0.25, 0.3) is 0 Å². The number of anilines is 1. The van der Waals surface area contributed by atoms with Gasteiger partial charge in [-0.25, -0.2) is 4.79 Å². The Bertz CT molecular complexity index is 983. The van der Waals surface area contributed by atoms with Crippen LogP contribution in [0.4, 0.5) is 11.4 Å². The Balaban J connectivity index is 2.00. The number of amides is 1. The highest BCUT2D eigenvalue weighted by molar-refractivity contribution is 6.10. The van der Waals surface area contributed by atoms with Gasteiger partial charge >= 0.3 is 5.97 Å². The van der Waals surface area contributed by atoms with Crippen LogP contribution in [0, 0.1) is 0 Å². The normalized spacial score (nSPS) is 11.6. The molecular formula is C23H25N3O5. The quantitative estimate of drug-likeness (QED) is 0.269. The van der Waals surface area contributed by atoms with Gasteiger partial charge in [0, 0.05) is 12.0 Å². The predicted octanol–water partition coefficient (Wildman–Crippen LogP) is 4.04. The summed E-state index contributed by atoms with van der Waals surface area (Å²) in [7, 11) is 1.49. The molecule has 0 saturated carbocycles. The molecule has 0 saturated heterocycles. The molecule has 0 aliphatic carbocycles. The summed E-state index contributed by atoms with van der Waals surface area (Å²) in [5, 5.41) is 10.6. The second-order valence-electron chi connectivity index (χ2n) is 6.75. The number of nitrogens with zero attached hydrogens (tertiary/aromatic N) is 2. The number of rotatable bonds is 10. The molecule has 2 aromatic rings. The maximum absolute atomic E-state index is 12.5. The van der Waals surface area contributed by atoms with Crippen LogP contribution in [0.1, 0.15) is 19.4 Å². The van der Waals surface area contributed by atoms with Crippen molar-refractivity contribution in [3.05, 3.63) is 66.2 Å². The zero-order chi connectivity index (χ0) is 22.8. The number of azo groups is 1. The Labute approximate surface area is 181 Å². The van der Waals surface area contributed by atoms with Crippen molar-refractivity contribution in [3.8, 4) is 5.75 Å². The highest BCUT2D eigenvalue weighted by Gasteiger charge is 2.24. The lowest BCUT2D eigenvalue weighted by Gasteiger charge is -2.12. The lowest BCUT2D eigenvalue weighted by Crippen LogP contribution is -2.31. The lowest BCUT2D eigenvalue weighted by atomic mass is 10.1. The molecule has 0 fully saturated rings. The number of Topliss-reactive ketones (excluding diaryl/α,β-unsaturated/α-hetero) is 1. The Hall–Kier alpha value is -3.81. The Morgan fingerprint density at radius 1 is 1.06 bits per heavy atom. The number of para-hydroxylation sites is 2. The molecule has 1 unspecified atom stereocenters. The molecule has 0 radical (unpaired) electrons. The van der Waals surface area contributed by atoms with E-state index in [9.17, 15) is 14.4 Å². The van der Waals surface area contributed by atoms with Gasteiger partial charge in [0.05, 0.1) is 25.1 Å². The number of carbonyl (C=O) groups is 3. The fourth-order valence-electron chi connectivity index (χ4n) is 2.51. The second kappa shape index (κ2) is 11.4. The molecular weight excluding hydrogens is 398 g/mol. The van der Waals surface area contributed by atoms with Gasteiger partial charge in [0.1, 0.15) is 5.75 Å². The van der Waals surface area contributed by atoms with Crippen LogP contribution in [0.15, 0.2) is 70.9 Å². The SMILES string of the molecule is C=C(C)C(=O)OCCc1ccc(/N=N/C(C(C)=O)C(=O)Nc2ccccc2OC)cc1. The molecule has 2 rings (SSSR count). The van der Waals surface area contributed by atoms with Crippen LogP contribution >= 0.6 is 0 Å². The predicted molar refractivity (Wildman–Crippen MR) is 117 cm³/mol. The number of nitrogens with one attached hydrogen (secondary N) is 1. The van der Waals surface area contributed by atoms with Crippen LogP contribution in [0.5, 0.6) is 5.75 Å². The summed E-state index contributed by atoms with van der Waals surface area (Å²) in [4.78, 5) is 35.8. The molecule has 0 aromatic heterocycles. The topological polar surface area (TPSA) is 106 Å². The van der Waals surface area contributed by atoms with Gasteiger partial charge in [-0.05, 0) is 43.7 Å². The van der Waals surface area contributed by atoms with Gasteiger partial charge in [-0.15, -0.1) is 0 Å². The Morgan fingerprint density at radius 2 is 1.74 bits per heavy atom. The Kier molecular flexibility index (Phi) is 8.63. The van der Waals surface area contributed by atoms with Gasteiger partial charge in [0.25, 0.3) is 5.91 Å². The van der Waals surface area contributed by atoms with Crippen LogP contribution < -0.4 is 10.1 Å². The first-order valence-corrected chi connectivity index (χ1v) is 9.58. The smallest absolute Gasteiger partial charge is 0.333 e. The zero-order valence-electron chi connectivity index (χ0n) is 17.8. The van der Waals surface area contributed by atoms with Gasteiger partial charge in [-0.1, -0.05) is 30.8 Å². The molecule has 0 aliphatic rings. The molecule has 1 N–H and O–H groups in total. The van der Waals surface area contributed by atoms with Crippen molar-refractivity contribution < 1.29 is 23.9 Å². The molecule has 1 atom stereocenters.